The molecule has 1 unspecified atom stereocenters. The lowest BCUT2D eigenvalue weighted by Crippen LogP contribution is -2.34. The van der Waals surface area contributed by atoms with E-state index in [-0.39, 0.29) is 11.9 Å². The van der Waals surface area contributed by atoms with Crippen molar-refractivity contribution >= 4 is 16.7 Å². The third-order valence-electron chi connectivity index (χ3n) is 3.97. The van der Waals surface area contributed by atoms with Gasteiger partial charge in [-0.1, -0.05) is 6.07 Å². The van der Waals surface area contributed by atoms with Crippen molar-refractivity contribution in [1.82, 2.24) is 4.98 Å². The molecule has 1 aliphatic rings. The van der Waals surface area contributed by atoms with Crippen LogP contribution >= 0.6 is 0 Å². The van der Waals surface area contributed by atoms with Crippen LogP contribution in [0, 0.1) is 0 Å². The van der Waals surface area contributed by atoms with E-state index in [1.165, 1.54) is 0 Å². The molecule has 0 bridgehead atoms. The molecular formula is C17H21NO3. The Kier molecular flexibility index (Phi) is 3.49. The molecule has 1 saturated heterocycles. The predicted molar refractivity (Wildman–Crippen MR) is 82.0 cm³/mol. The molecule has 1 aromatic heterocycles. The minimum Gasteiger partial charge on any atom is -0.490 e. The van der Waals surface area contributed by atoms with Gasteiger partial charge in [0.2, 0.25) is 0 Å². The van der Waals surface area contributed by atoms with Crippen molar-refractivity contribution in [1.29, 1.82) is 0 Å². The number of H-pyrrole nitrogens is 1. The summed E-state index contributed by atoms with van der Waals surface area (Å²) >= 11 is 0. The van der Waals surface area contributed by atoms with E-state index in [0.717, 1.165) is 29.5 Å². The SMILES string of the molecule is CC(C)Oc1cccc2[nH]cc(C(=O)C3(C)CCCO3)c12. The first-order chi connectivity index (χ1) is 10.0. The van der Waals surface area contributed by atoms with E-state index in [9.17, 15) is 4.79 Å². The van der Waals surface area contributed by atoms with Gasteiger partial charge >= 0.3 is 0 Å². The Morgan fingerprint density at radius 1 is 1.43 bits per heavy atom. The molecule has 3 rings (SSSR count). The number of aromatic amines is 1. The van der Waals surface area contributed by atoms with Crippen molar-refractivity contribution in [2.45, 2.75) is 45.3 Å². The molecule has 4 heteroatoms. The van der Waals surface area contributed by atoms with Crippen LogP contribution in [0.1, 0.15) is 44.0 Å². The smallest absolute Gasteiger partial charge is 0.196 e. The highest BCUT2D eigenvalue weighted by atomic mass is 16.5. The van der Waals surface area contributed by atoms with Crippen molar-refractivity contribution < 1.29 is 14.3 Å². The molecule has 1 fully saturated rings. The molecule has 1 N–H and O–H groups in total. The van der Waals surface area contributed by atoms with E-state index in [1.54, 1.807) is 6.20 Å². The van der Waals surface area contributed by atoms with Gasteiger partial charge in [0.1, 0.15) is 11.4 Å². The zero-order valence-electron chi connectivity index (χ0n) is 12.7. The molecule has 2 aromatic rings. The molecule has 1 aromatic carbocycles. The maximum Gasteiger partial charge on any atom is 0.196 e. The Balaban J connectivity index is 2.08. The van der Waals surface area contributed by atoms with Crippen LogP contribution in [0.4, 0.5) is 0 Å². The summed E-state index contributed by atoms with van der Waals surface area (Å²) in [6.07, 6.45) is 3.53. The third kappa shape index (κ3) is 2.44. The van der Waals surface area contributed by atoms with Crippen LogP contribution in [0.3, 0.4) is 0 Å². The number of Topliss-reactive ketones (excluding diaryl/α,β-unsaturated/α-hetero) is 1. The van der Waals surface area contributed by atoms with Crippen molar-refractivity contribution in [2.75, 3.05) is 6.61 Å². The van der Waals surface area contributed by atoms with Crippen LogP contribution in [0.2, 0.25) is 0 Å². The lowest BCUT2D eigenvalue weighted by molar-refractivity contribution is 0.0215. The number of ketones is 1. The van der Waals surface area contributed by atoms with Crippen molar-refractivity contribution in [3.8, 4) is 5.75 Å². The van der Waals surface area contributed by atoms with Gasteiger partial charge in [-0.3, -0.25) is 4.79 Å². The van der Waals surface area contributed by atoms with Gasteiger partial charge in [0.15, 0.2) is 5.78 Å². The number of benzene rings is 1. The highest BCUT2D eigenvalue weighted by Gasteiger charge is 2.39. The topological polar surface area (TPSA) is 51.3 Å². The van der Waals surface area contributed by atoms with Crippen LogP contribution < -0.4 is 4.74 Å². The van der Waals surface area contributed by atoms with Crippen molar-refractivity contribution in [2.24, 2.45) is 0 Å². The summed E-state index contributed by atoms with van der Waals surface area (Å²) in [5.41, 5.74) is 0.865. The van der Waals surface area contributed by atoms with Crippen molar-refractivity contribution in [3.05, 3.63) is 30.0 Å². The predicted octanol–water partition coefficient (Wildman–Crippen LogP) is 3.71. The van der Waals surface area contributed by atoms with E-state index in [2.05, 4.69) is 4.98 Å². The number of carbonyl (C=O) groups excluding carboxylic acids is 1. The van der Waals surface area contributed by atoms with Gasteiger partial charge in [-0.25, -0.2) is 0 Å². The van der Waals surface area contributed by atoms with Crippen molar-refractivity contribution in [3.63, 3.8) is 0 Å². The van der Waals surface area contributed by atoms with Gasteiger partial charge in [0.25, 0.3) is 0 Å². The Morgan fingerprint density at radius 3 is 2.90 bits per heavy atom. The number of carbonyl (C=O) groups is 1. The second kappa shape index (κ2) is 5.19. The Labute approximate surface area is 124 Å². The fourth-order valence-electron chi connectivity index (χ4n) is 2.93. The third-order valence-corrected chi connectivity index (χ3v) is 3.97. The number of nitrogens with one attached hydrogen (secondary N) is 1. The van der Waals surface area contributed by atoms with Gasteiger partial charge in [-0.15, -0.1) is 0 Å². The second-order valence-electron chi connectivity index (χ2n) is 6.06. The highest BCUT2D eigenvalue weighted by molar-refractivity contribution is 6.13. The summed E-state index contributed by atoms with van der Waals surface area (Å²) in [6.45, 7) is 6.50. The lowest BCUT2D eigenvalue weighted by Gasteiger charge is -2.21. The first-order valence-corrected chi connectivity index (χ1v) is 7.47. The molecule has 0 aliphatic carbocycles. The number of aromatic nitrogens is 1. The molecular weight excluding hydrogens is 266 g/mol. The monoisotopic (exact) mass is 287 g/mol. The second-order valence-corrected chi connectivity index (χ2v) is 6.06. The molecule has 2 heterocycles. The minimum absolute atomic E-state index is 0.0334. The van der Waals surface area contributed by atoms with E-state index < -0.39 is 5.60 Å². The summed E-state index contributed by atoms with van der Waals surface area (Å²) in [7, 11) is 0. The average Bonchev–Trinajstić information content (AvgIpc) is 3.05. The highest BCUT2D eigenvalue weighted by Crippen LogP contribution is 2.35. The largest absolute Gasteiger partial charge is 0.490 e. The van der Waals surface area contributed by atoms with Crippen LogP contribution in [0.15, 0.2) is 24.4 Å². The molecule has 112 valence electrons. The van der Waals surface area contributed by atoms with Gasteiger partial charge in [-0.2, -0.15) is 0 Å². The minimum atomic E-state index is -0.708. The number of ether oxygens (including phenoxy) is 2. The number of rotatable bonds is 4. The quantitative estimate of drug-likeness (QED) is 0.872. The normalized spacial score (nSPS) is 22.1. The molecule has 1 aliphatic heterocycles. The summed E-state index contributed by atoms with van der Waals surface area (Å²) < 4.78 is 11.6. The van der Waals surface area contributed by atoms with E-state index in [1.807, 2.05) is 39.0 Å². The molecule has 4 nitrogen and oxygen atoms in total. The Morgan fingerprint density at radius 2 is 2.24 bits per heavy atom. The Bertz CT molecular complexity index is 666. The summed E-state index contributed by atoms with van der Waals surface area (Å²) in [4.78, 5) is 16.0. The number of fused-ring (bicyclic) bond motifs is 1. The van der Waals surface area contributed by atoms with Gasteiger partial charge in [0, 0.05) is 23.9 Å². The summed E-state index contributed by atoms with van der Waals surface area (Å²) in [6, 6.07) is 5.79. The van der Waals surface area contributed by atoms with E-state index >= 15 is 0 Å². The molecule has 0 radical (unpaired) electrons. The molecule has 0 spiro atoms. The maximum atomic E-state index is 12.9. The van der Waals surface area contributed by atoms with Crippen LogP contribution in [-0.4, -0.2) is 29.1 Å². The lowest BCUT2D eigenvalue weighted by atomic mass is 9.91. The first kappa shape index (κ1) is 14.1. The summed E-state index contributed by atoms with van der Waals surface area (Å²) in [5, 5.41) is 0.855. The molecule has 0 amide bonds. The summed E-state index contributed by atoms with van der Waals surface area (Å²) in [5.74, 6) is 0.778. The van der Waals surface area contributed by atoms with Crippen LogP contribution in [0.5, 0.6) is 5.75 Å². The van der Waals surface area contributed by atoms with Gasteiger partial charge in [0.05, 0.1) is 11.5 Å². The average molecular weight is 287 g/mol. The molecule has 1 atom stereocenters. The van der Waals surface area contributed by atoms with E-state index in [4.69, 9.17) is 9.47 Å². The number of hydrogen-bond acceptors (Lipinski definition) is 3. The van der Waals surface area contributed by atoms with Gasteiger partial charge in [-0.05, 0) is 45.7 Å². The zero-order valence-corrected chi connectivity index (χ0v) is 12.7. The van der Waals surface area contributed by atoms with Gasteiger partial charge < -0.3 is 14.5 Å². The van der Waals surface area contributed by atoms with Crippen LogP contribution in [-0.2, 0) is 4.74 Å². The maximum absolute atomic E-state index is 12.9. The fourth-order valence-corrected chi connectivity index (χ4v) is 2.93. The standard InChI is InChI=1S/C17H21NO3/c1-11(2)21-14-7-4-6-13-15(14)12(10-18-13)16(19)17(3)8-5-9-20-17/h4,6-7,10-11,18H,5,8-9H2,1-3H3. The van der Waals surface area contributed by atoms with E-state index in [0.29, 0.717) is 12.2 Å². The number of hydrogen-bond donors (Lipinski definition) is 1. The molecule has 21 heavy (non-hydrogen) atoms. The Hall–Kier alpha value is -1.81. The molecule has 0 saturated carbocycles. The zero-order chi connectivity index (χ0) is 15.0. The first-order valence-electron chi connectivity index (χ1n) is 7.47. The van der Waals surface area contributed by atoms with Crippen LogP contribution in [0.25, 0.3) is 10.9 Å². The fraction of sp³-hybridized carbons (Fsp3) is 0.471.